The molecule has 2 aromatic rings. The van der Waals surface area contributed by atoms with Crippen LogP contribution in [0.15, 0.2) is 35.3 Å². The minimum atomic E-state index is -1.42. The number of hydrogen-bond acceptors (Lipinski definition) is 4. The molecule has 3 rings (SSSR count). The lowest BCUT2D eigenvalue weighted by Crippen LogP contribution is -2.26. The highest BCUT2D eigenvalue weighted by atomic mass is 32.2. The predicted octanol–water partition coefficient (Wildman–Crippen LogP) is 3.59. The van der Waals surface area contributed by atoms with Crippen molar-refractivity contribution in [3.8, 4) is 0 Å². The number of anilines is 3. The van der Waals surface area contributed by atoms with Gasteiger partial charge in [0.2, 0.25) is 0 Å². The molecule has 0 radical (unpaired) electrons. The second-order valence-electron chi connectivity index (χ2n) is 6.69. The van der Waals surface area contributed by atoms with Crippen molar-refractivity contribution in [3.05, 3.63) is 52.2 Å². The highest BCUT2D eigenvalue weighted by Crippen LogP contribution is 2.45. The Hall–Kier alpha value is -2.19. The van der Waals surface area contributed by atoms with Crippen molar-refractivity contribution in [1.82, 2.24) is 4.57 Å². The summed E-state index contributed by atoms with van der Waals surface area (Å²) in [7, 11) is 0.169. The van der Waals surface area contributed by atoms with E-state index in [0.29, 0.717) is 17.8 Å². The topological polar surface area (TPSA) is 83.4 Å². The van der Waals surface area contributed by atoms with Gasteiger partial charge in [-0.05, 0) is 43.9 Å². The van der Waals surface area contributed by atoms with E-state index in [2.05, 4.69) is 10.0 Å². The summed E-state index contributed by atoms with van der Waals surface area (Å²) < 4.78 is 30.7. The summed E-state index contributed by atoms with van der Waals surface area (Å²) in [6.45, 7) is 5.76. The molecule has 0 amide bonds. The van der Waals surface area contributed by atoms with Crippen LogP contribution >= 0.6 is 0 Å². The summed E-state index contributed by atoms with van der Waals surface area (Å²) in [5.41, 5.74) is 1.54. The standard InChI is InChI=1S/C18H22FN3O3S.C2H6/c1-12-3-4-14(13(19)9-12)20-15-10-17(24)22(2)11-16(15)21-26(25)18(5-6-18)7-8-23;1-2/h3-4,9-11,20-21,23H,5-8H2,1-2H3;1-2H3. The van der Waals surface area contributed by atoms with Crippen LogP contribution in [0, 0.1) is 12.7 Å². The molecule has 6 nitrogen and oxygen atoms in total. The zero-order valence-electron chi connectivity index (χ0n) is 16.7. The summed E-state index contributed by atoms with van der Waals surface area (Å²) in [6.07, 6.45) is 3.53. The Balaban J connectivity index is 0.00000136. The van der Waals surface area contributed by atoms with Crippen LogP contribution in [0.4, 0.5) is 21.5 Å². The van der Waals surface area contributed by atoms with Gasteiger partial charge < -0.3 is 19.7 Å². The van der Waals surface area contributed by atoms with Crippen LogP contribution in [0.1, 0.15) is 38.7 Å². The molecular formula is C20H28FN3O3S. The van der Waals surface area contributed by atoms with E-state index in [-0.39, 0.29) is 17.9 Å². The monoisotopic (exact) mass is 409 g/mol. The molecule has 28 heavy (non-hydrogen) atoms. The lowest BCUT2D eigenvalue weighted by molar-refractivity contribution is 0.284. The highest BCUT2D eigenvalue weighted by Gasteiger charge is 2.48. The molecule has 1 fully saturated rings. The minimum Gasteiger partial charge on any atom is -0.396 e. The molecule has 1 aromatic heterocycles. The molecule has 1 aliphatic rings. The van der Waals surface area contributed by atoms with Gasteiger partial charge in [0.1, 0.15) is 16.8 Å². The lowest BCUT2D eigenvalue weighted by Gasteiger charge is -2.19. The first-order valence-electron chi connectivity index (χ1n) is 9.38. The SMILES string of the molecule is CC.Cc1ccc(Nc2cc(=O)n(C)cc2NS(=O)C2(CCO)CC2)c(F)c1. The number of benzene rings is 1. The molecule has 1 aliphatic carbocycles. The number of hydrogen-bond donors (Lipinski definition) is 3. The number of rotatable bonds is 7. The van der Waals surface area contributed by atoms with Crippen molar-refractivity contribution in [2.45, 2.75) is 44.8 Å². The number of aryl methyl sites for hydroxylation is 2. The van der Waals surface area contributed by atoms with Gasteiger partial charge >= 0.3 is 0 Å². The lowest BCUT2D eigenvalue weighted by atomic mass is 10.2. The maximum Gasteiger partial charge on any atom is 0.252 e. The molecule has 0 aliphatic heterocycles. The number of pyridine rings is 1. The van der Waals surface area contributed by atoms with Gasteiger partial charge in [0.15, 0.2) is 0 Å². The third-order valence-electron chi connectivity index (χ3n) is 4.59. The molecule has 0 spiro atoms. The molecule has 3 N–H and O–H groups in total. The molecule has 8 heteroatoms. The molecule has 1 atom stereocenters. The summed E-state index contributed by atoms with van der Waals surface area (Å²) >= 11 is 0. The van der Waals surface area contributed by atoms with Gasteiger partial charge in [-0.2, -0.15) is 0 Å². The van der Waals surface area contributed by atoms with Crippen molar-refractivity contribution >= 4 is 28.0 Å². The van der Waals surface area contributed by atoms with Gasteiger partial charge in [0.05, 0.1) is 21.8 Å². The van der Waals surface area contributed by atoms with Crippen molar-refractivity contribution < 1.29 is 13.7 Å². The molecule has 1 saturated carbocycles. The van der Waals surface area contributed by atoms with E-state index < -0.39 is 21.5 Å². The zero-order valence-corrected chi connectivity index (χ0v) is 17.5. The fraction of sp³-hybridized carbons (Fsp3) is 0.450. The van der Waals surface area contributed by atoms with Crippen LogP contribution in [-0.2, 0) is 18.0 Å². The van der Waals surface area contributed by atoms with E-state index in [9.17, 15) is 18.5 Å². The molecule has 0 saturated heterocycles. The molecule has 1 unspecified atom stereocenters. The van der Waals surface area contributed by atoms with Crippen molar-refractivity contribution in [2.24, 2.45) is 7.05 Å². The first-order chi connectivity index (χ1) is 13.3. The molecule has 1 aromatic carbocycles. The second kappa shape index (κ2) is 9.34. The summed E-state index contributed by atoms with van der Waals surface area (Å²) in [5, 5.41) is 12.1. The van der Waals surface area contributed by atoms with Crippen LogP contribution in [0.3, 0.4) is 0 Å². The Bertz CT molecular complexity index is 910. The van der Waals surface area contributed by atoms with Crippen LogP contribution in [0.25, 0.3) is 0 Å². The van der Waals surface area contributed by atoms with Gasteiger partial charge in [-0.3, -0.25) is 4.79 Å². The Morgan fingerprint density at radius 1 is 1.21 bits per heavy atom. The first-order valence-corrected chi connectivity index (χ1v) is 10.5. The average Bonchev–Trinajstić information content (AvgIpc) is 3.44. The van der Waals surface area contributed by atoms with E-state index >= 15 is 0 Å². The van der Waals surface area contributed by atoms with Gasteiger partial charge in [-0.25, -0.2) is 8.60 Å². The maximum absolute atomic E-state index is 14.2. The number of nitrogens with zero attached hydrogens (tertiary/aromatic N) is 1. The van der Waals surface area contributed by atoms with E-state index in [1.165, 1.54) is 22.9 Å². The minimum absolute atomic E-state index is 0.0274. The van der Waals surface area contributed by atoms with Gasteiger partial charge in [0.25, 0.3) is 5.56 Å². The number of aliphatic hydroxyl groups excluding tert-OH is 1. The fourth-order valence-electron chi connectivity index (χ4n) is 2.76. The average molecular weight is 410 g/mol. The molecular weight excluding hydrogens is 381 g/mol. The predicted molar refractivity (Wildman–Crippen MR) is 113 cm³/mol. The van der Waals surface area contributed by atoms with Crippen LogP contribution < -0.4 is 15.6 Å². The Kier molecular flexibility index (Phi) is 7.37. The second-order valence-corrected chi connectivity index (χ2v) is 8.29. The summed E-state index contributed by atoms with van der Waals surface area (Å²) in [6, 6.07) is 6.09. The smallest absolute Gasteiger partial charge is 0.252 e. The number of halogens is 1. The van der Waals surface area contributed by atoms with E-state index in [4.69, 9.17) is 0 Å². The Morgan fingerprint density at radius 2 is 1.89 bits per heavy atom. The number of aliphatic hydroxyl groups is 1. The normalized spacial score (nSPS) is 15.2. The summed E-state index contributed by atoms with van der Waals surface area (Å²) in [5.74, 6) is -0.434. The molecule has 154 valence electrons. The van der Waals surface area contributed by atoms with Crippen LogP contribution in [-0.4, -0.2) is 25.2 Å². The third kappa shape index (κ3) is 4.99. The largest absolute Gasteiger partial charge is 0.396 e. The van der Waals surface area contributed by atoms with Gasteiger partial charge in [-0.15, -0.1) is 0 Å². The van der Waals surface area contributed by atoms with E-state index in [1.807, 2.05) is 13.8 Å². The van der Waals surface area contributed by atoms with Crippen LogP contribution in [0.5, 0.6) is 0 Å². The molecule has 0 bridgehead atoms. The van der Waals surface area contributed by atoms with E-state index in [1.54, 1.807) is 26.1 Å². The van der Waals surface area contributed by atoms with E-state index in [0.717, 1.165) is 18.4 Å². The Labute approximate surface area is 167 Å². The summed E-state index contributed by atoms with van der Waals surface area (Å²) in [4.78, 5) is 12.0. The zero-order chi connectivity index (χ0) is 20.9. The highest BCUT2D eigenvalue weighted by molar-refractivity contribution is 7.88. The van der Waals surface area contributed by atoms with Gasteiger partial charge in [0, 0.05) is 25.9 Å². The Morgan fingerprint density at radius 3 is 2.46 bits per heavy atom. The fourth-order valence-corrected chi connectivity index (χ4v) is 4.09. The van der Waals surface area contributed by atoms with Crippen molar-refractivity contribution in [3.63, 3.8) is 0 Å². The quantitative estimate of drug-likeness (QED) is 0.653. The van der Waals surface area contributed by atoms with Gasteiger partial charge in [-0.1, -0.05) is 19.9 Å². The van der Waals surface area contributed by atoms with Crippen molar-refractivity contribution in [2.75, 3.05) is 16.6 Å². The first kappa shape index (κ1) is 22.1. The van der Waals surface area contributed by atoms with Crippen molar-refractivity contribution in [1.29, 1.82) is 0 Å². The third-order valence-corrected chi connectivity index (χ3v) is 6.40. The number of nitrogens with one attached hydrogen (secondary N) is 2. The number of aromatic nitrogens is 1. The maximum atomic E-state index is 14.2. The molecule has 1 heterocycles. The van der Waals surface area contributed by atoms with Crippen LogP contribution in [0.2, 0.25) is 0 Å².